The van der Waals surface area contributed by atoms with E-state index in [4.69, 9.17) is 0 Å². The van der Waals surface area contributed by atoms with E-state index in [1.807, 2.05) is 18.2 Å². The molecule has 3 aromatic rings. The minimum absolute atomic E-state index is 0.446. The van der Waals surface area contributed by atoms with Crippen LogP contribution in [0.3, 0.4) is 0 Å². The van der Waals surface area contributed by atoms with E-state index in [0.717, 1.165) is 17.4 Å². The van der Waals surface area contributed by atoms with Crippen molar-refractivity contribution in [2.45, 2.75) is 19.6 Å². The highest BCUT2D eigenvalue weighted by molar-refractivity contribution is 5.76. The SMILES string of the molecule is Cc1cc(-c2ccccc2)ccc1CN1CCN(C(=O)n2cc(C(F)(F)F)cn2)CC1. The van der Waals surface area contributed by atoms with E-state index >= 15 is 0 Å². The molecule has 0 atom stereocenters. The Morgan fingerprint density at radius 3 is 2.32 bits per heavy atom. The lowest BCUT2D eigenvalue weighted by atomic mass is 9.99. The van der Waals surface area contributed by atoms with E-state index in [9.17, 15) is 18.0 Å². The van der Waals surface area contributed by atoms with Gasteiger partial charge in [0.05, 0.1) is 11.8 Å². The smallest absolute Gasteiger partial charge is 0.320 e. The summed E-state index contributed by atoms with van der Waals surface area (Å²) in [6.45, 7) is 5.06. The molecule has 0 N–H and O–H groups in total. The molecule has 1 aliphatic rings. The average molecular weight is 428 g/mol. The van der Waals surface area contributed by atoms with E-state index in [1.165, 1.54) is 27.2 Å². The second kappa shape index (κ2) is 8.55. The fourth-order valence-corrected chi connectivity index (χ4v) is 3.74. The van der Waals surface area contributed by atoms with Gasteiger partial charge in [0, 0.05) is 38.9 Å². The summed E-state index contributed by atoms with van der Waals surface area (Å²) in [5.41, 5.74) is 3.86. The van der Waals surface area contributed by atoms with Gasteiger partial charge in [-0.2, -0.15) is 23.0 Å². The zero-order valence-corrected chi connectivity index (χ0v) is 17.1. The van der Waals surface area contributed by atoms with E-state index in [-0.39, 0.29) is 0 Å². The summed E-state index contributed by atoms with van der Waals surface area (Å²) in [5, 5.41) is 3.58. The first-order valence-corrected chi connectivity index (χ1v) is 10.1. The van der Waals surface area contributed by atoms with E-state index < -0.39 is 17.8 Å². The number of aryl methyl sites for hydroxylation is 1. The van der Waals surface area contributed by atoms with Crippen LogP contribution >= 0.6 is 0 Å². The zero-order chi connectivity index (χ0) is 22.0. The van der Waals surface area contributed by atoms with E-state index in [2.05, 4.69) is 47.3 Å². The van der Waals surface area contributed by atoms with Gasteiger partial charge in [-0.25, -0.2) is 4.79 Å². The number of halogens is 3. The Kier molecular flexibility index (Phi) is 5.82. The predicted molar refractivity (Wildman–Crippen MR) is 111 cm³/mol. The highest BCUT2D eigenvalue weighted by Crippen LogP contribution is 2.28. The van der Waals surface area contributed by atoms with Crippen molar-refractivity contribution in [1.29, 1.82) is 0 Å². The van der Waals surface area contributed by atoms with Gasteiger partial charge in [-0.05, 0) is 29.2 Å². The van der Waals surface area contributed by atoms with Crippen LogP contribution in [-0.4, -0.2) is 51.8 Å². The maximum Gasteiger partial charge on any atom is 0.419 e. The Labute approximate surface area is 178 Å². The molecule has 8 heteroatoms. The van der Waals surface area contributed by atoms with Crippen LogP contribution < -0.4 is 0 Å². The molecule has 0 saturated carbocycles. The number of aromatic nitrogens is 2. The summed E-state index contributed by atoms with van der Waals surface area (Å²) in [5.74, 6) is 0. The van der Waals surface area contributed by atoms with Crippen LogP contribution in [0.1, 0.15) is 16.7 Å². The molecule has 1 amide bonds. The maximum atomic E-state index is 12.7. The number of nitrogens with zero attached hydrogens (tertiary/aromatic N) is 4. The third-order valence-corrected chi connectivity index (χ3v) is 5.59. The van der Waals surface area contributed by atoms with Gasteiger partial charge in [-0.3, -0.25) is 4.90 Å². The van der Waals surface area contributed by atoms with Crippen molar-refractivity contribution in [3.8, 4) is 11.1 Å². The van der Waals surface area contributed by atoms with Crippen LogP contribution in [0.4, 0.5) is 18.0 Å². The maximum absolute atomic E-state index is 12.7. The summed E-state index contributed by atoms with van der Waals surface area (Å²) in [6.07, 6.45) is -3.09. The minimum atomic E-state index is -4.51. The topological polar surface area (TPSA) is 41.4 Å². The standard InChI is InChI=1S/C23H23F3N4O/c1-17-13-19(18-5-3-2-4-6-18)7-8-20(17)15-28-9-11-29(12-10-28)22(31)30-16-21(14-27-30)23(24,25)26/h2-8,13-14,16H,9-12,15H2,1H3. The second-order valence-corrected chi connectivity index (χ2v) is 7.72. The van der Waals surface area contributed by atoms with Gasteiger partial charge >= 0.3 is 12.2 Å². The molecule has 2 heterocycles. The number of carbonyl (C=O) groups excluding carboxylic acids is 1. The van der Waals surface area contributed by atoms with Crippen molar-refractivity contribution in [3.05, 3.63) is 77.6 Å². The van der Waals surface area contributed by atoms with Crippen molar-refractivity contribution < 1.29 is 18.0 Å². The minimum Gasteiger partial charge on any atom is -0.320 e. The molecule has 0 aliphatic carbocycles. The Morgan fingerprint density at radius 1 is 1.00 bits per heavy atom. The molecule has 1 aromatic heterocycles. The molecule has 31 heavy (non-hydrogen) atoms. The van der Waals surface area contributed by atoms with Gasteiger partial charge in [0.15, 0.2) is 0 Å². The van der Waals surface area contributed by atoms with Crippen molar-refractivity contribution in [3.63, 3.8) is 0 Å². The van der Waals surface area contributed by atoms with Gasteiger partial charge in [0.25, 0.3) is 0 Å². The number of alkyl halides is 3. The third-order valence-electron chi connectivity index (χ3n) is 5.59. The molecule has 0 unspecified atom stereocenters. The molecule has 2 aromatic carbocycles. The van der Waals surface area contributed by atoms with Crippen LogP contribution in [0.5, 0.6) is 0 Å². The lowest BCUT2D eigenvalue weighted by Crippen LogP contribution is -2.49. The molecule has 4 rings (SSSR count). The highest BCUT2D eigenvalue weighted by atomic mass is 19.4. The summed E-state index contributed by atoms with van der Waals surface area (Å²) >= 11 is 0. The number of carbonyl (C=O) groups is 1. The number of amides is 1. The van der Waals surface area contributed by atoms with E-state index in [1.54, 1.807) is 0 Å². The molecular weight excluding hydrogens is 405 g/mol. The van der Waals surface area contributed by atoms with Gasteiger partial charge < -0.3 is 4.90 Å². The monoisotopic (exact) mass is 428 g/mol. The molecule has 0 spiro atoms. The van der Waals surface area contributed by atoms with Gasteiger partial charge in [-0.15, -0.1) is 0 Å². The Hall–Kier alpha value is -3.13. The molecule has 0 bridgehead atoms. The van der Waals surface area contributed by atoms with Crippen molar-refractivity contribution in [2.24, 2.45) is 0 Å². The molecule has 1 aliphatic heterocycles. The number of benzene rings is 2. The molecule has 1 saturated heterocycles. The number of rotatable bonds is 3. The normalized spacial score (nSPS) is 15.3. The van der Waals surface area contributed by atoms with Crippen molar-refractivity contribution in [2.75, 3.05) is 26.2 Å². The Morgan fingerprint density at radius 2 is 1.71 bits per heavy atom. The molecule has 5 nitrogen and oxygen atoms in total. The summed E-state index contributed by atoms with van der Waals surface area (Å²) in [7, 11) is 0. The first kappa shape index (κ1) is 21.1. The van der Waals surface area contributed by atoms with Crippen molar-refractivity contribution in [1.82, 2.24) is 19.6 Å². The van der Waals surface area contributed by atoms with Crippen molar-refractivity contribution >= 4 is 6.03 Å². The first-order chi connectivity index (χ1) is 14.8. The van der Waals surface area contributed by atoms with Crippen LogP contribution in [0.25, 0.3) is 11.1 Å². The Balaban J connectivity index is 1.35. The lowest BCUT2D eigenvalue weighted by molar-refractivity contribution is -0.137. The average Bonchev–Trinajstić information content (AvgIpc) is 3.27. The molecule has 0 radical (unpaired) electrons. The van der Waals surface area contributed by atoms with Crippen LogP contribution in [0, 0.1) is 6.92 Å². The molecule has 1 fully saturated rings. The lowest BCUT2D eigenvalue weighted by Gasteiger charge is -2.34. The highest BCUT2D eigenvalue weighted by Gasteiger charge is 2.33. The van der Waals surface area contributed by atoms with Crippen LogP contribution in [-0.2, 0) is 12.7 Å². The quantitative estimate of drug-likeness (QED) is 0.609. The molecular formula is C23H23F3N4O. The molecule has 162 valence electrons. The van der Waals surface area contributed by atoms with Crippen LogP contribution in [0.2, 0.25) is 0 Å². The summed E-state index contributed by atoms with van der Waals surface area (Å²) in [6, 6.07) is 16.1. The zero-order valence-electron chi connectivity index (χ0n) is 17.1. The summed E-state index contributed by atoms with van der Waals surface area (Å²) in [4.78, 5) is 16.3. The third kappa shape index (κ3) is 4.80. The van der Waals surface area contributed by atoms with Crippen LogP contribution in [0.15, 0.2) is 60.9 Å². The number of hydrogen-bond acceptors (Lipinski definition) is 3. The predicted octanol–water partition coefficient (Wildman–Crippen LogP) is 4.66. The first-order valence-electron chi connectivity index (χ1n) is 10.1. The van der Waals surface area contributed by atoms with Gasteiger partial charge in [-0.1, -0.05) is 48.5 Å². The summed E-state index contributed by atoms with van der Waals surface area (Å²) < 4.78 is 39.0. The number of piperazine rings is 1. The second-order valence-electron chi connectivity index (χ2n) is 7.72. The fourth-order valence-electron chi connectivity index (χ4n) is 3.74. The van der Waals surface area contributed by atoms with Gasteiger partial charge in [0.1, 0.15) is 0 Å². The fraction of sp³-hybridized carbons (Fsp3) is 0.304. The van der Waals surface area contributed by atoms with E-state index in [0.29, 0.717) is 32.4 Å². The number of hydrogen-bond donors (Lipinski definition) is 0. The Bertz CT molecular complexity index is 1050. The van der Waals surface area contributed by atoms with Gasteiger partial charge in [0.2, 0.25) is 0 Å². The largest absolute Gasteiger partial charge is 0.419 e.